The van der Waals surface area contributed by atoms with Crippen LogP contribution < -0.4 is 4.72 Å². The van der Waals surface area contributed by atoms with Gasteiger partial charge in [0.2, 0.25) is 10.0 Å². The molecule has 0 saturated carbocycles. The first-order valence-corrected chi connectivity index (χ1v) is 9.07. The van der Waals surface area contributed by atoms with Crippen molar-refractivity contribution in [2.45, 2.75) is 24.2 Å². The molecule has 1 N–H and O–H groups in total. The van der Waals surface area contributed by atoms with E-state index in [-0.39, 0.29) is 4.90 Å². The molecule has 2 aromatic rings. The van der Waals surface area contributed by atoms with Crippen molar-refractivity contribution in [1.82, 2.24) is 4.72 Å². The predicted molar refractivity (Wildman–Crippen MR) is 88.8 cm³/mol. The normalized spacial score (nSPS) is 13.0. The van der Waals surface area contributed by atoms with Gasteiger partial charge in [0.15, 0.2) is 0 Å². The minimum atomic E-state index is -3.43. The molecule has 2 rings (SSSR count). The summed E-state index contributed by atoms with van der Waals surface area (Å²) in [6.07, 6.45) is 0.764. The van der Waals surface area contributed by atoms with E-state index in [1.165, 1.54) is 5.56 Å². The molecule has 0 aromatic heterocycles. The van der Waals surface area contributed by atoms with E-state index >= 15 is 0 Å². The molecular formula is C16H18BrNO2S. The van der Waals surface area contributed by atoms with Gasteiger partial charge >= 0.3 is 0 Å². The van der Waals surface area contributed by atoms with Crippen LogP contribution in [0.4, 0.5) is 0 Å². The van der Waals surface area contributed by atoms with Crippen LogP contribution in [0.15, 0.2) is 64.0 Å². The van der Waals surface area contributed by atoms with Crippen LogP contribution in [0.3, 0.4) is 0 Å². The Morgan fingerprint density at radius 3 is 2.29 bits per heavy atom. The van der Waals surface area contributed by atoms with E-state index < -0.39 is 10.0 Å². The maximum absolute atomic E-state index is 12.1. The Bertz CT molecular complexity index is 669. The van der Waals surface area contributed by atoms with Crippen molar-refractivity contribution < 1.29 is 8.42 Å². The number of sulfonamides is 1. The Hall–Kier alpha value is -1.17. The van der Waals surface area contributed by atoms with E-state index in [0.717, 1.165) is 10.9 Å². The van der Waals surface area contributed by atoms with Gasteiger partial charge in [0, 0.05) is 11.0 Å². The zero-order chi connectivity index (χ0) is 15.3. The molecule has 1 unspecified atom stereocenters. The second-order valence-electron chi connectivity index (χ2n) is 4.95. The molecule has 21 heavy (non-hydrogen) atoms. The molecule has 112 valence electrons. The lowest BCUT2D eigenvalue weighted by molar-refractivity contribution is 0.572. The lowest BCUT2D eigenvalue weighted by Gasteiger charge is -2.12. The summed E-state index contributed by atoms with van der Waals surface area (Å²) >= 11 is 3.29. The Morgan fingerprint density at radius 2 is 1.67 bits per heavy atom. The van der Waals surface area contributed by atoms with Crippen molar-refractivity contribution in [3.8, 4) is 0 Å². The lowest BCUT2D eigenvalue weighted by Crippen LogP contribution is -2.25. The summed E-state index contributed by atoms with van der Waals surface area (Å²) in [6.45, 7) is 2.53. The van der Waals surface area contributed by atoms with Crippen LogP contribution in [0.1, 0.15) is 24.8 Å². The standard InChI is InChI=1S/C16H18BrNO2S/c1-13(14-5-3-2-4-6-14)11-12-18-21(19,20)16-9-7-15(17)8-10-16/h2-10,13,18H,11-12H2,1H3. The maximum Gasteiger partial charge on any atom is 0.240 e. The second-order valence-corrected chi connectivity index (χ2v) is 7.63. The Kier molecular flexibility index (Phi) is 5.56. The highest BCUT2D eigenvalue weighted by atomic mass is 79.9. The Morgan fingerprint density at radius 1 is 1.05 bits per heavy atom. The van der Waals surface area contributed by atoms with E-state index in [1.807, 2.05) is 18.2 Å². The van der Waals surface area contributed by atoms with Crippen molar-refractivity contribution >= 4 is 26.0 Å². The average Bonchev–Trinajstić information content (AvgIpc) is 2.48. The summed E-state index contributed by atoms with van der Waals surface area (Å²) in [5, 5.41) is 0. The molecular weight excluding hydrogens is 350 g/mol. The van der Waals surface area contributed by atoms with Crippen molar-refractivity contribution in [2.24, 2.45) is 0 Å². The fourth-order valence-electron chi connectivity index (χ4n) is 2.06. The van der Waals surface area contributed by atoms with Crippen LogP contribution in [-0.4, -0.2) is 15.0 Å². The highest BCUT2D eigenvalue weighted by Crippen LogP contribution is 2.18. The molecule has 1 atom stereocenters. The second kappa shape index (κ2) is 7.20. The van der Waals surface area contributed by atoms with Crippen molar-refractivity contribution in [3.63, 3.8) is 0 Å². The summed E-state index contributed by atoms with van der Waals surface area (Å²) in [5.41, 5.74) is 1.22. The minimum Gasteiger partial charge on any atom is -0.211 e. The van der Waals surface area contributed by atoms with Gasteiger partial charge in [-0.05, 0) is 42.2 Å². The zero-order valence-corrected chi connectivity index (χ0v) is 14.2. The topological polar surface area (TPSA) is 46.2 Å². The molecule has 5 heteroatoms. The Balaban J connectivity index is 1.92. The van der Waals surface area contributed by atoms with E-state index in [0.29, 0.717) is 12.5 Å². The van der Waals surface area contributed by atoms with E-state index in [4.69, 9.17) is 0 Å². The van der Waals surface area contributed by atoms with E-state index in [9.17, 15) is 8.42 Å². The highest BCUT2D eigenvalue weighted by Gasteiger charge is 2.14. The minimum absolute atomic E-state index is 0.290. The largest absolute Gasteiger partial charge is 0.240 e. The molecule has 0 fully saturated rings. The first-order chi connectivity index (χ1) is 9.99. The van der Waals surface area contributed by atoms with Gasteiger partial charge in [0.05, 0.1) is 4.90 Å². The number of halogens is 1. The summed E-state index contributed by atoms with van der Waals surface area (Å²) in [7, 11) is -3.43. The van der Waals surface area contributed by atoms with Crippen molar-refractivity contribution in [1.29, 1.82) is 0 Å². The number of nitrogens with one attached hydrogen (secondary N) is 1. The van der Waals surface area contributed by atoms with Crippen LogP contribution in [0, 0.1) is 0 Å². The van der Waals surface area contributed by atoms with Crippen LogP contribution >= 0.6 is 15.9 Å². The van der Waals surface area contributed by atoms with E-state index in [1.54, 1.807) is 24.3 Å². The predicted octanol–water partition coefficient (Wildman–Crippen LogP) is 3.92. The molecule has 0 spiro atoms. The molecule has 0 bridgehead atoms. The molecule has 0 saturated heterocycles. The maximum atomic E-state index is 12.1. The lowest BCUT2D eigenvalue weighted by atomic mass is 9.98. The van der Waals surface area contributed by atoms with Gasteiger partial charge in [0.1, 0.15) is 0 Å². The van der Waals surface area contributed by atoms with Crippen LogP contribution in [0.5, 0.6) is 0 Å². The van der Waals surface area contributed by atoms with Gasteiger partial charge in [-0.2, -0.15) is 0 Å². The van der Waals surface area contributed by atoms with Gasteiger partial charge in [-0.1, -0.05) is 53.2 Å². The van der Waals surface area contributed by atoms with Gasteiger partial charge in [-0.3, -0.25) is 0 Å². The molecule has 0 heterocycles. The Labute approximate surface area is 134 Å². The molecule has 0 radical (unpaired) electrons. The molecule has 0 aliphatic carbocycles. The quantitative estimate of drug-likeness (QED) is 0.840. The van der Waals surface area contributed by atoms with E-state index in [2.05, 4.69) is 39.7 Å². The highest BCUT2D eigenvalue weighted by molar-refractivity contribution is 9.10. The van der Waals surface area contributed by atoms with Gasteiger partial charge in [0.25, 0.3) is 0 Å². The molecule has 0 aliphatic heterocycles. The molecule has 0 amide bonds. The van der Waals surface area contributed by atoms with Gasteiger partial charge in [-0.15, -0.1) is 0 Å². The molecule has 0 aliphatic rings. The van der Waals surface area contributed by atoms with Crippen molar-refractivity contribution in [3.05, 3.63) is 64.6 Å². The SMILES string of the molecule is CC(CCNS(=O)(=O)c1ccc(Br)cc1)c1ccccc1. The third-order valence-electron chi connectivity index (χ3n) is 3.36. The van der Waals surface area contributed by atoms with Gasteiger partial charge in [-0.25, -0.2) is 13.1 Å². The number of rotatable bonds is 6. The third-order valence-corrected chi connectivity index (χ3v) is 5.37. The number of hydrogen-bond acceptors (Lipinski definition) is 2. The van der Waals surface area contributed by atoms with Crippen LogP contribution in [0.2, 0.25) is 0 Å². The summed E-state index contributed by atoms with van der Waals surface area (Å²) < 4.78 is 27.8. The average molecular weight is 368 g/mol. The summed E-state index contributed by atoms with van der Waals surface area (Å²) in [5.74, 6) is 0.318. The van der Waals surface area contributed by atoms with Crippen LogP contribution in [-0.2, 0) is 10.0 Å². The van der Waals surface area contributed by atoms with Crippen molar-refractivity contribution in [2.75, 3.05) is 6.54 Å². The summed E-state index contributed by atoms with van der Waals surface area (Å²) in [6, 6.07) is 16.7. The first-order valence-electron chi connectivity index (χ1n) is 6.79. The number of hydrogen-bond donors (Lipinski definition) is 1. The third kappa shape index (κ3) is 4.66. The van der Waals surface area contributed by atoms with Gasteiger partial charge < -0.3 is 0 Å². The zero-order valence-electron chi connectivity index (χ0n) is 11.8. The number of benzene rings is 2. The fraction of sp³-hybridized carbons (Fsp3) is 0.250. The van der Waals surface area contributed by atoms with Crippen LogP contribution in [0.25, 0.3) is 0 Å². The monoisotopic (exact) mass is 367 g/mol. The smallest absolute Gasteiger partial charge is 0.211 e. The fourth-order valence-corrected chi connectivity index (χ4v) is 3.37. The molecule has 2 aromatic carbocycles. The molecule has 3 nitrogen and oxygen atoms in total. The summed E-state index contributed by atoms with van der Waals surface area (Å²) in [4.78, 5) is 0.290. The first kappa shape index (κ1) is 16.2.